The third kappa shape index (κ3) is 4.29. The number of hydrogen-bond acceptors (Lipinski definition) is 4. The van der Waals surface area contributed by atoms with Crippen molar-refractivity contribution in [2.75, 3.05) is 12.9 Å². The maximum absolute atomic E-state index is 12.3. The maximum atomic E-state index is 12.3. The zero-order valence-corrected chi connectivity index (χ0v) is 16.1. The number of benzene rings is 1. The van der Waals surface area contributed by atoms with Gasteiger partial charge in [0.25, 0.3) is 0 Å². The van der Waals surface area contributed by atoms with Crippen molar-refractivity contribution in [3.05, 3.63) is 27.7 Å². The van der Waals surface area contributed by atoms with E-state index in [0.29, 0.717) is 18.6 Å². The highest BCUT2D eigenvalue weighted by Crippen LogP contribution is 2.32. The number of halogens is 1. The normalized spacial score (nSPS) is 16.2. The summed E-state index contributed by atoms with van der Waals surface area (Å²) in [4.78, 5) is 25.4. The van der Waals surface area contributed by atoms with Crippen LogP contribution in [0.15, 0.2) is 21.5 Å². The third-order valence-electron chi connectivity index (χ3n) is 4.23. The Bertz CT molecular complexity index is 612. The molecule has 1 aromatic rings. The highest BCUT2D eigenvalue weighted by molar-refractivity contribution is 9.10. The summed E-state index contributed by atoms with van der Waals surface area (Å²) in [6, 6.07) is 4.13. The Kier molecular flexibility index (Phi) is 6.14. The fourth-order valence-electron chi connectivity index (χ4n) is 2.91. The molecule has 0 unspecified atom stereocenters. The lowest BCUT2D eigenvalue weighted by Gasteiger charge is -2.27. The van der Waals surface area contributed by atoms with Gasteiger partial charge in [-0.25, -0.2) is 4.79 Å². The minimum Gasteiger partial charge on any atom is -0.467 e. The van der Waals surface area contributed by atoms with Gasteiger partial charge in [-0.05, 0) is 49.9 Å². The van der Waals surface area contributed by atoms with Crippen LogP contribution in [-0.4, -0.2) is 30.3 Å². The molecule has 1 amide bonds. The first-order valence-corrected chi connectivity index (χ1v) is 9.45. The van der Waals surface area contributed by atoms with Gasteiger partial charge in [0.05, 0.1) is 12.9 Å². The van der Waals surface area contributed by atoms with Crippen molar-refractivity contribution >= 4 is 39.6 Å². The number of thioether (sulfide) groups is 1. The minimum absolute atomic E-state index is 0.123. The van der Waals surface area contributed by atoms with Gasteiger partial charge in [0, 0.05) is 9.37 Å². The molecule has 4 nitrogen and oxygen atoms in total. The topological polar surface area (TPSA) is 55.4 Å². The van der Waals surface area contributed by atoms with Gasteiger partial charge >= 0.3 is 5.97 Å². The van der Waals surface area contributed by atoms with Crippen LogP contribution in [0.3, 0.4) is 0 Å². The number of rotatable bonds is 5. The van der Waals surface area contributed by atoms with Crippen molar-refractivity contribution < 1.29 is 14.3 Å². The van der Waals surface area contributed by atoms with E-state index >= 15 is 0 Å². The Morgan fingerprint density at radius 3 is 2.52 bits per heavy atom. The van der Waals surface area contributed by atoms with E-state index in [4.69, 9.17) is 4.74 Å². The van der Waals surface area contributed by atoms with Crippen molar-refractivity contribution in [1.82, 2.24) is 5.32 Å². The standard InChI is InChI=1S/C17H22BrNO3S/c1-11-9-14(12(2)8-13(11)18)23-10-15(20)19-17(16(21)22-3)6-4-5-7-17/h8-9H,4-7,10H2,1-3H3,(H,19,20). The van der Waals surface area contributed by atoms with Gasteiger partial charge in [0.1, 0.15) is 5.54 Å². The largest absolute Gasteiger partial charge is 0.467 e. The molecule has 0 bridgehead atoms. The average Bonchev–Trinajstić information content (AvgIpc) is 2.98. The molecule has 0 saturated heterocycles. The quantitative estimate of drug-likeness (QED) is 0.604. The molecule has 1 saturated carbocycles. The van der Waals surface area contributed by atoms with Crippen LogP contribution in [0.1, 0.15) is 36.8 Å². The SMILES string of the molecule is COC(=O)C1(NC(=O)CSc2cc(C)c(Br)cc2C)CCCC1. The summed E-state index contributed by atoms with van der Waals surface area (Å²) in [5.74, 6) is -0.160. The number of nitrogens with one attached hydrogen (secondary N) is 1. The summed E-state index contributed by atoms with van der Waals surface area (Å²) >= 11 is 5.00. The first-order chi connectivity index (χ1) is 10.9. The van der Waals surface area contributed by atoms with Crippen LogP contribution in [-0.2, 0) is 14.3 Å². The van der Waals surface area contributed by atoms with E-state index in [-0.39, 0.29) is 11.9 Å². The van der Waals surface area contributed by atoms with Crippen LogP contribution in [0.25, 0.3) is 0 Å². The summed E-state index contributed by atoms with van der Waals surface area (Å²) in [6.07, 6.45) is 3.19. The number of carbonyl (C=O) groups is 2. The second-order valence-corrected chi connectivity index (χ2v) is 7.86. The highest BCUT2D eigenvalue weighted by atomic mass is 79.9. The lowest BCUT2D eigenvalue weighted by Crippen LogP contribution is -2.53. The molecular formula is C17H22BrNO3S. The third-order valence-corrected chi connectivity index (χ3v) is 6.24. The number of hydrogen-bond donors (Lipinski definition) is 1. The van der Waals surface area contributed by atoms with Gasteiger partial charge < -0.3 is 10.1 Å². The Morgan fingerprint density at radius 2 is 1.91 bits per heavy atom. The fraction of sp³-hybridized carbons (Fsp3) is 0.529. The number of aryl methyl sites for hydroxylation is 2. The van der Waals surface area contributed by atoms with Crippen molar-refractivity contribution in [3.63, 3.8) is 0 Å². The molecule has 1 fully saturated rings. The Hall–Kier alpha value is -1.01. The van der Waals surface area contributed by atoms with Gasteiger partial charge in [-0.3, -0.25) is 4.79 Å². The van der Waals surface area contributed by atoms with Crippen molar-refractivity contribution in [2.45, 2.75) is 50.0 Å². The highest BCUT2D eigenvalue weighted by Gasteiger charge is 2.43. The molecule has 23 heavy (non-hydrogen) atoms. The van der Waals surface area contributed by atoms with E-state index in [9.17, 15) is 9.59 Å². The summed E-state index contributed by atoms with van der Waals surface area (Å²) in [7, 11) is 1.37. The van der Waals surface area contributed by atoms with Crippen molar-refractivity contribution in [3.8, 4) is 0 Å². The van der Waals surface area contributed by atoms with E-state index in [1.165, 1.54) is 18.9 Å². The van der Waals surface area contributed by atoms with Crippen LogP contribution in [0.4, 0.5) is 0 Å². The molecule has 0 spiro atoms. The Balaban J connectivity index is 2.00. The molecule has 0 radical (unpaired) electrons. The maximum Gasteiger partial charge on any atom is 0.331 e. The fourth-order valence-corrected chi connectivity index (χ4v) is 4.27. The molecule has 6 heteroatoms. The van der Waals surface area contributed by atoms with E-state index in [0.717, 1.165) is 33.3 Å². The summed E-state index contributed by atoms with van der Waals surface area (Å²) in [5.41, 5.74) is 1.45. The number of ether oxygens (including phenoxy) is 1. The van der Waals surface area contributed by atoms with Crippen LogP contribution in [0, 0.1) is 13.8 Å². The molecular weight excluding hydrogens is 378 g/mol. The van der Waals surface area contributed by atoms with Crippen molar-refractivity contribution in [1.29, 1.82) is 0 Å². The first-order valence-electron chi connectivity index (χ1n) is 7.67. The van der Waals surface area contributed by atoms with Crippen LogP contribution in [0.5, 0.6) is 0 Å². The van der Waals surface area contributed by atoms with Crippen LogP contribution in [0.2, 0.25) is 0 Å². The lowest BCUT2D eigenvalue weighted by molar-refractivity contribution is -0.150. The molecule has 0 atom stereocenters. The molecule has 1 aromatic carbocycles. The van der Waals surface area contributed by atoms with Crippen LogP contribution < -0.4 is 5.32 Å². The predicted octanol–water partition coefficient (Wildman–Crippen LogP) is 3.76. The summed E-state index contributed by atoms with van der Waals surface area (Å²) in [6.45, 7) is 4.05. The monoisotopic (exact) mass is 399 g/mol. The van der Waals surface area contributed by atoms with Gasteiger partial charge in [-0.1, -0.05) is 28.8 Å². The molecule has 0 aromatic heterocycles. The van der Waals surface area contributed by atoms with E-state index in [1.54, 1.807) is 0 Å². The van der Waals surface area contributed by atoms with E-state index < -0.39 is 5.54 Å². The molecule has 1 N–H and O–H groups in total. The second kappa shape index (κ2) is 7.71. The van der Waals surface area contributed by atoms with Gasteiger partial charge in [0.2, 0.25) is 5.91 Å². The van der Waals surface area contributed by atoms with Gasteiger partial charge in [-0.2, -0.15) is 0 Å². The first kappa shape index (κ1) is 18.3. The lowest BCUT2D eigenvalue weighted by atomic mass is 9.98. The van der Waals surface area contributed by atoms with Crippen molar-refractivity contribution in [2.24, 2.45) is 0 Å². The minimum atomic E-state index is -0.822. The summed E-state index contributed by atoms with van der Waals surface area (Å²) < 4.78 is 5.95. The van der Waals surface area contributed by atoms with E-state index in [1.807, 2.05) is 13.8 Å². The predicted molar refractivity (Wildman–Crippen MR) is 95.7 cm³/mol. The second-order valence-electron chi connectivity index (χ2n) is 5.98. The Labute approximate surface area is 149 Å². The van der Waals surface area contributed by atoms with Crippen LogP contribution >= 0.6 is 27.7 Å². The molecule has 1 aliphatic carbocycles. The number of methoxy groups -OCH3 is 1. The number of esters is 1. The zero-order valence-electron chi connectivity index (χ0n) is 13.7. The molecule has 0 heterocycles. The Morgan fingerprint density at radius 1 is 1.26 bits per heavy atom. The van der Waals surface area contributed by atoms with Gasteiger partial charge in [-0.15, -0.1) is 11.8 Å². The molecule has 2 rings (SSSR count). The smallest absolute Gasteiger partial charge is 0.331 e. The average molecular weight is 400 g/mol. The number of amides is 1. The summed E-state index contributed by atoms with van der Waals surface area (Å²) in [5, 5.41) is 2.92. The zero-order chi connectivity index (χ0) is 17.0. The molecule has 0 aliphatic heterocycles. The number of carbonyl (C=O) groups excluding carboxylic acids is 2. The van der Waals surface area contributed by atoms with E-state index in [2.05, 4.69) is 33.4 Å². The molecule has 1 aliphatic rings. The molecule has 126 valence electrons. The van der Waals surface area contributed by atoms with Gasteiger partial charge in [0.15, 0.2) is 0 Å².